The van der Waals surface area contributed by atoms with Gasteiger partial charge in [0.25, 0.3) is 5.56 Å². The van der Waals surface area contributed by atoms with Gasteiger partial charge in [-0.05, 0) is 15.9 Å². The van der Waals surface area contributed by atoms with Crippen LogP contribution in [0, 0.1) is 0 Å². The Morgan fingerprint density at radius 1 is 1.52 bits per heavy atom. The number of ether oxygens (including phenoxy) is 1. The number of carbonyl (C=O) groups excluding carboxylic acids is 1. The number of anilines is 1. The van der Waals surface area contributed by atoms with Crippen LogP contribution < -0.4 is 16.6 Å². The third kappa shape index (κ3) is 6.12. The Bertz CT molecular complexity index is 561. The Morgan fingerprint density at radius 2 is 2.19 bits per heavy atom. The maximum Gasteiger partial charge on any atom is 0.408 e. The quantitative estimate of drug-likeness (QED) is 0.678. The molecule has 0 spiro atoms. The molecule has 0 fully saturated rings. The molecule has 11 heteroatoms. The molecule has 0 aliphatic carbocycles. The van der Waals surface area contributed by atoms with Gasteiger partial charge in [0.2, 0.25) is 5.91 Å². The third-order valence-electron chi connectivity index (χ3n) is 2.12. The number of amides is 1. The summed E-state index contributed by atoms with van der Waals surface area (Å²) in [5, 5.41) is 6.16. The van der Waals surface area contributed by atoms with Gasteiger partial charge in [-0.2, -0.15) is 18.3 Å². The number of carbonyl (C=O) groups is 1. The molecule has 3 N–H and O–H groups in total. The maximum atomic E-state index is 12.2. The number of halogens is 4. The lowest BCUT2D eigenvalue weighted by Crippen LogP contribution is -2.31. The first-order chi connectivity index (χ1) is 9.70. The van der Waals surface area contributed by atoms with Crippen molar-refractivity contribution in [3.05, 3.63) is 21.0 Å². The molecule has 0 saturated heterocycles. The van der Waals surface area contributed by atoms with E-state index in [1.807, 2.05) is 0 Å². The molecule has 1 aromatic heterocycles. The molecule has 1 aromatic rings. The highest BCUT2D eigenvalue weighted by molar-refractivity contribution is 9.10. The van der Waals surface area contributed by atoms with E-state index in [4.69, 9.17) is 10.5 Å². The summed E-state index contributed by atoms with van der Waals surface area (Å²) >= 11 is 2.91. The van der Waals surface area contributed by atoms with E-state index in [1.54, 1.807) is 0 Å². The molecular formula is C10H12BrF3N4O3. The highest BCUT2D eigenvalue weighted by Gasteiger charge is 2.29. The molecule has 118 valence electrons. The van der Waals surface area contributed by atoms with Gasteiger partial charge >= 0.3 is 6.18 Å². The lowest BCUT2D eigenvalue weighted by molar-refractivity contribution is -0.143. The van der Waals surface area contributed by atoms with Gasteiger partial charge < -0.3 is 15.8 Å². The van der Waals surface area contributed by atoms with Crippen LogP contribution in [0.5, 0.6) is 0 Å². The van der Waals surface area contributed by atoms with Gasteiger partial charge in [0, 0.05) is 6.54 Å². The fourth-order valence-electron chi connectivity index (χ4n) is 1.30. The topological polar surface area (TPSA) is 99.2 Å². The summed E-state index contributed by atoms with van der Waals surface area (Å²) in [7, 11) is 0. The minimum absolute atomic E-state index is 0.0725. The van der Waals surface area contributed by atoms with Gasteiger partial charge in [0.05, 0.1) is 18.5 Å². The Kier molecular flexibility index (Phi) is 6.15. The van der Waals surface area contributed by atoms with E-state index in [-0.39, 0.29) is 29.9 Å². The minimum atomic E-state index is -4.53. The molecule has 0 atom stereocenters. The molecule has 0 bridgehead atoms. The number of nitrogens with one attached hydrogen (secondary N) is 1. The van der Waals surface area contributed by atoms with Crippen molar-refractivity contribution in [3.63, 3.8) is 0 Å². The summed E-state index contributed by atoms with van der Waals surface area (Å²) in [6.07, 6.45) is -3.45. The normalized spacial score (nSPS) is 11.4. The number of nitrogens with zero attached hydrogens (tertiary/aromatic N) is 2. The summed E-state index contributed by atoms with van der Waals surface area (Å²) in [5.74, 6) is -0.618. The average molecular weight is 373 g/mol. The van der Waals surface area contributed by atoms with E-state index < -0.39 is 24.2 Å². The zero-order valence-corrected chi connectivity index (χ0v) is 12.2. The molecule has 1 heterocycles. The van der Waals surface area contributed by atoms with Crippen LogP contribution in [-0.2, 0) is 16.1 Å². The third-order valence-corrected chi connectivity index (χ3v) is 2.89. The van der Waals surface area contributed by atoms with Crippen molar-refractivity contribution in [2.75, 3.05) is 25.1 Å². The van der Waals surface area contributed by atoms with Crippen molar-refractivity contribution in [2.24, 2.45) is 5.73 Å². The zero-order valence-electron chi connectivity index (χ0n) is 10.6. The first-order valence-corrected chi connectivity index (χ1v) is 6.42. The Morgan fingerprint density at radius 3 is 2.76 bits per heavy atom. The molecule has 0 saturated carbocycles. The Hall–Kier alpha value is -1.62. The van der Waals surface area contributed by atoms with Crippen molar-refractivity contribution in [1.29, 1.82) is 0 Å². The van der Waals surface area contributed by atoms with E-state index in [9.17, 15) is 22.8 Å². The number of primary amides is 1. The summed E-state index contributed by atoms with van der Waals surface area (Å²) in [4.78, 5) is 22.1. The lowest BCUT2D eigenvalue weighted by atomic mass is 10.4. The molecule has 21 heavy (non-hydrogen) atoms. The molecule has 1 amide bonds. The second-order valence-corrected chi connectivity index (χ2v) is 4.69. The minimum Gasteiger partial charge on any atom is -0.380 e. The van der Waals surface area contributed by atoms with Gasteiger partial charge in [-0.1, -0.05) is 0 Å². The van der Waals surface area contributed by atoms with Gasteiger partial charge in [0.15, 0.2) is 0 Å². The van der Waals surface area contributed by atoms with E-state index >= 15 is 0 Å². The molecule has 0 aromatic carbocycles. The van der Waals surface area contributed by atoms with Crippen LogP contribution >= 0.6 is 15.9 Å². The summed E-state index contributed by atoms with van der Waals surface area (Å²) in [5.41, 5.74) is 4.18. The summed E-state index contributed by atoms with van der Waals surface area (Å²) < 4.78 is 41.8. The van der Waals surface area contributed by atoms with E-state index in [2.05, 4.69) is 26.3 Å². The molecular weight excluding hydrogens is 361 g/mol. The fraction of sp³-hybridized carbons (Fsp3) is 0.500. The molecule has 1 rings (SSSR count). The number of nitrogens with two attached hydrogens (primary N) is 1. The van der Waals surface area contributed by atoms with Crippen LogP contribution in [0.2, 0.25) is 0 Å². The van der Waals surface area contributed by atoms with Crippen LogP contribution in [0.1, 0.15) is 0 Å². The molecule has 7 nitrogen and oxygen atoms in total. The van der Waals surface area contributed by atoms with E-state index in [0.29, 0.717) is 4.68 Å². The zero-order chi connectivity index (χ0) is 16.0. The van der Waals surface area contributed by atoms with E-state index in [1.165, 1.54) is 0 Å². The fourth-order valence-corrected chi connectivity index (χ4v) is 1.75. The largest absolute Gasteiger partial charge is 0.408 e. The molecule has 0 unspecified atom stereocenters. The van der Waals surface area contributed by atoms with Crippen molar-refractivity contribution in [2.45, 2.75) is 12.7 Å². The number of rotatable bonds is 7. The second-order valence-electron chi connectivity index (χ2n) is 3.90. The number of hydrogen-bond acceptors (Lipinski definition) is 5. The first-order valence-electron chi connectivity index (χ1n) is 5.63. The highest BCUT2D eigenvalue weighted by Crippen LogP contribution is 2.19. The average Bonchev–Trinajstić information content (AvgIpc) is 2.35. The Labute approximate surface area is 125 Å². The lowest BCUT2D eigenvalue weighted by Gasteiger charge is -2.11. The van der Waals surface area contributed by atoms with Crippen molar-refractivity contribution in [3.8, 4) is 0 Å². The van der Waals surface area contributed by atoms with Gasteiger partial charge in [-0.15, -0.1) is 0 Å². The molecule has 0 radical (unpaired) electrons. The van der Waals surface area contributed by atoms with Crippen molar-refractivity contribution >= 4 is 27.5 Å². The monoisotopic (exact) mass is 372 g/mol. The van der Waals surface area contributed by atoms with Crippen LogP contribution in [0.15, 0.2) is 15.5 Å². The summed E-state index contributed by atoms with van der Waals surface area (Å²) in [6, 6.07) is 0. The SMILES string of the molecule is NC(=O)COCCNc1cnn(CC(F)(F)F)c(=O)c1Br. The first kappa shape index (κ1) is 17.4. The van der Waals surface area contributed by atoms with Crippen molar-refractivity contribution in [1.82, 2.24) is 9.78 Å². The predicted octanol–water partition coefficient (Wildman–Crippen LogP) is 0.482. The van der Waals surface area contributed by atoms with Crippen LogP contribution in [0.3, 0.4) is 0 Å². The molecule has 0 aliphatic rings. The van der Waals surface area contributed by atoms with Gasteiger partial charge in [-0.3, -0.25) is 9.59 Å². The van der Waals surface area contributed by atoms with Crippen LogP contribution in [0.4, 0.5) is 18.9 Å². The van der Waals surface area contributed by atoms with Gasteiger partial charge in [0.1, 0.15) is 17.6 Å². The second kappa shape index (κ2) is 7.41. The number of aromatic nitrogens is 2. The Balaban J connectivity index is 2.63. The molecule has 0 aliphatic heterocycles. The smallest absolute Gasteiger partial charge is 0.380 e. The van der Waals surface area contributed by atoms with Crippen LogP contribution in [-0.4, -0.2) is 41.6 Å². The number of alkyl halides is 3. The van der Waals surface area contributed by atoms with E-state index in [0.717, 1.165) is 6.20 Å². The highest BCUT2D eigenvalue weighted by atomic mass is 79.9. The van der Waals surface area contributed by atoms with Crippen molar-refractivity contribution < 1.29 is 22.7 Å². The number of hydrogen-bond donors (Lipinski definition) is 2. The standard InChI is InChI=1S/C10H12BrF3N4O3/c11-8-6(16-1-2-21-4-7(15)19)3-17-18(9(8)20)5-10(12,13)14/h3,16H,1-2,4-5H2,(H2,15,19). The summed E-state index contributed by atoms with van der Waals surface area (Å²) in [6.45, 7) is -1.36. The predicted molar refractivity (Wildman–Crippen MR) is 70.8 cm³/mol. The van der Waals surface area contributed by atoms with Gasteiger partial charge in [-0.25, -0.2) is 4.68 Å². The maximum absolute atomic E-state index is 12.2. The van der Waals surface area contributed by atoms with Crippen LogP contribution in [0.25, 0.3) is 0 Å².